The summed E-state index contributed by atoms with van der Waals surface area (Å²) in [6, 6.07) is 0.464. The van der Waals surface area contributed by atoms with Gasteiger partial charge in [0.1, 0.15) is 5.01 Å². The van der Waals surface area contributed by atoms with E-state index in [-0.39, 0.29) is 6.54 Å². The lowest BCUT2D eigenvalue weighted by atomic mass is 9.99. The SMILES string of the molecule is CCC1CCCCN1CCNC(=O)CC(O)(c1nc(C)cs1)C(F)(F)F. The third-order valence-corrected chi connectivity index (χ3v) is 5.91. The van der Waals surface area contributed by atoms with Gasteiger partial charge in [-0.15, -0.1) is 11.3 Å². The van der Waals surface area contributed by atoms with Crippen LogP contribution in [-0.4, -0.2) is 52.8 Å². The molecule has 1 aliphatic rings. The van der Waals surface area contributed by atoms with Gasteiger partial charge < -0.3 is 10.4 Å². The minimum Gasteiger partial charge on any atom is -0.374 e. The standard InChI is InChI=1S/C17H26F3N3O2S/c1-3-13-6-4-5-8-23(13)9-7-21-14(24)10-16(25,17(18,19)20)15-22-12(2)11-26-15/h11,13,25H,3-10H2,1-2H3,(H,21,24). The Kier molecular flexibility index (Phi) is 7.04. The Morgan fingerprint density at radius 2 is 2.19 bits per heavy atom. The molecule has 0 aromatic carbocycles. The minimum atomic E-state index is -4.98. The van der Waals surface area contributed by atoms with E-state index >= 15 is 0 Å². The molecule has 0 spiro atoms. The number of hydrogen-bond acceptors (Lipinski definition) is 5. The van der Waals surface area contributed by atoms with Crippen LogP contribution < -0.4 is 5.32 Å². The van der Waals surface area contributed by atoms with Gasteiger partial charge in [-0.2, -0.15) is 13.2 Å². The maximum atomic E-state index is 13.4. The van der Waals surface area contributed by atoms with Gasteiger partial charge in [-0.25, -0.2) is 4.98 Å². The highest BCUT2D eigenvalue weighted by atomic mass is 32.1. The molecule has 1 fully saturated rings. The first-order valence-electron chi connectivity index (χ1n) is 8.90. The minimum absolute atomic E-state index is 0.264. The number of thiazole rings is 1. The van der Waals surface area contributed by atoms with E-state index in [2.05, 4.69) is 22.1 Å². The zero-order valence-electron chi connectivity index (χ0n) is 15.1. The predicted octanol–water partition coefficient (Wildman–Crippen LogP) is 2.97. The number of carbonyl (C=O) groups excluding carboxylic acids is 1. The Balaban J connectivity index is 1.93. The topological polar surface area (TPSA) is 65.5 Å². The zero-order chi connectivity index (χ0) is 19.4. The molecule has 0 bridgehead atoms. The summed E-state index contributed by atoms with van der Waals surface area (Å²) in [4.78, 5) is 18.1. The number of hydrogen-bond donors (Lipinski definition) is 2. The average molecular weight is 393 g/mol. The van der Waals surface area contributed by atoms with Gasteiger partial charge >= 0.3 is 6.18 Å². The molecule has 9 heteroatoms. The van der Waals surface area contributed by atoms with E-state index in [0.29, 0.717) is 29.6 Å². The quantitative estimate of drug-likeness (QED) is 0.748. The van der Waals surface area contributed by atoms with Crippen LogP contribution in [-0.2, 0) is 10.4 Å². The van der Waals surface area contributed by atoms with Crippen molar-refractivity contribution in [2.45, 2.75) is 63.8 Å². The van der Waals surface area contributed by atoms with E-state index in [1.165, 1.54) is 11.8 Å². The molecule has 1 aromatic heterocycles. The van der Waals surface area contributed by atoms with Crippen molar-refractivity contribution in [1.29, 1.82) is 0 Å². The fourth-order valence-corrected chi connectivity index (χ4v) is 4.21. The molecule has 1 aliphatic heterocycles. The second kappa shape index (κ2) is 8.67. The number of amides is 1. The van der Waals surface area contributed by atoms with Gasteiger partial charge in [0, 0.05) is 30.2 Å². The second-order valence-corrected chi connectivity index (χ2v) is 7.63. The van der Waals surface area contributed by atoms with Crippen LogP contribution in [0.1, 0.15) is 49.7 Å². The molecule has 1 saturated heterocycles. The van der Waals surface area contributed by atoms with Gasteiger partial charge in [-0.3, -0.25) is 9.69 Å². The highest BCUT2D eigenvalue weighted by molar-refractivity contribution is 7.09. The first-order chi connectivity index (χ1) is 12.2. The molecular weight excluding hydrogens is 367 g/mol. The Labute approximate surface area is 155 Å². The molecule has 1 aromatic rings. The molecule has 2 atom stereocenters. The molecule has 2 unspecified atom stereocenters. The van der Waals surface area contributed by atoms with Crippen LogP contribution in [0.4, 0.5) is 13.2 Å². The van der Waals surface area contributed by atoms with E-state index in [9.17, 15) is 23.1 Å². The van der Waals surface area contributed by atoms with Crippen molar-refractivity contribution in [1.82, 2.24) is 15.2 Å². The van der Waals surface area contributed by atoms with Crippen molar-refractivity contribution < 1.29 is 23.1 Å². The number of halogens is 3. The van der Waals surface area contributed by atoms with Gasteiger partial charge in [0.05, 0.1) is 6.42 Å². The van der Waals surface area contributed by atoms with Crippen LogP contribution in [0.5, 0.6) is 0 Å². The van der Waals surface area contributed by atoms with E-state index in [1.54, 1.807) is 6.92 Å². The van der Waals surface area contributed by atoms with Gasteiger partial charge in [0.25, 0.3) is 0 Å². The lowest BCUT2D eigenvalue weighted by Gasteiger charge is -2.35. The first kappa shape index (κ1) is 21.1. The number of alkyl halides is 3. The van der Waals surface area contributed by atoms with Crippen molar-refractivity contribution >= 4 is 17.2 Å². The molecule has 0 radical (unpaired) electrons. The lowest BCUT2D eigenvalue weighted by Crippen LogP contribution is -2.48. The summed E-state index contributed by atoms with van der Waals surface area (Å²) in [5.41, 5.74) is -2.88. The third kappa shape index (κ3) is 4.95. The largest absolute Gasteiger partial charge is 0.424 e. The number of likely N-dealkylation sites (tertiary alicyclic amines) is 1. The maximum Gasteiger partial charge on any atom is 0.424 e. The van der Waals surface area contributed by atoms with Crippen molar-refractivity contribution in [2.75, 3.05) is 19.6 Å². The van der Waals surface area contributed by atoms with E-state index in [1.807, 2.05) is 0 Å². The number of nitrogens with one attached hydrogen (secondary N) is 1. The molecule has 2 rings (SSSR count). The third-order valence-electron chi connectivity index (χ3n) is 4.80. The van der Waals surface area contributed by atoms with Crippen LogP contribution in [0.2, 0.25) is 0 Å². The highest BCUT2D eigenvalue weighted by Gasteiger charge is 2.58. The number of aromatic nitrogens is 1. The van der Waals surface area contributed by atoms with Crippen molar-refractivity contribution in [3.63, 3.8) is 0 Å². The predicted molar refractivity (Wildman–Crippen MR) is 93.9 cm³/mol. The molecule has 2 N–H and O–H groups in total. The molecule has 148 valence electrons. The molecular formula is C17H26F3N3O2S. The molecule has 5 nitrogen and oxygen atoms in total. The smallest absolute Gasteiger partial charge is 0.374 e. The van der Waals surface area contributed by atoms with Crippen molar-refractivity contribution in [2.24, 2.45) is 0 Å². The van der Waals surface area contributed by atoms with Crippen LogP contribution >= 0.6 is 11.3 Å². The van der Waals surface area contributed by atoms with Gasteiger partial charge in [-0.05, 0) is 32.7 Å². The second-order valence-electron chi connectivity index (χ2n) is 6.77. The number of piperidine rings is 1. The van der Waals surface area contributed by atoms with Gasteiger partial charge in [-0.1, -0.05) is 13.3 Å². The van der Waals surface area contributed by atoms with E-state index in [4.69, 9.17) is 0 Å². The van der Waals surface area contributed by atoms with Crippen LogP contribution in [0.15, 0.2) is 5.38 Å². The van der Waals surface area contributed by atoms with Crippen molar-refractivity contribution in [3.8, 4) is 0 Å². The molecule has 0 saturated carbocycles. The monoisotopic (exact) mass is 393 g/mol. The Bertz CT molecular complexity index is 608. The number of nitrogens with zero attached hydrogens (tertiary/aromatic N) is 2. The molecule has 26 heavy (non-hydrogen) atoms. The number of rotatable bonds is 7. The number of aryl methyl sites for hydroxylation is 1. The summed E-state index contributed by atoms with van der Waals surface area (Å²) in [5, 5.41) is 13.6. The maximum absolute atomic E-state index is 13.4. The molecule has 2 heterocycles. The summed E-state index contributed by atoms with van der Waals surface area (Å²) >= 11 is 0.706. The lowest BCUT2D eigenvalue weighted by molar-refractivity contribution is -0.267. The fraction of sp³-hybridized carbons (Fsp3) is 0.765. The Hall–Kier alpha value is -1.19. The van der Waals surface area contributed by atoms with Crippen molar-refractivity contribution in [3.05, 3.63) is 16.1 Å². The summed E-state index contributed by atoms with van der Waals surface area (Å²) < 4.78 is 40.2. The zero-order valence-corrected chi connectivity index (χ0v) is 15.9. The molecule has 0 aliphatic carbocycles. The molecule has 1 amide bonds. The average Bonchev–Trinajstić information content (AvgIpc) is 3.01. The summed E-state index contributed by atoms with van der Waals surface area (Å²) in [6.45, 7) is 5.46. The van der Waals surface area contributed by atoms with Crippen LogP contribution in [0.25, 0.3) is 0 Å². The van der Waals surface area contributed by atoms with Crippen LogP contribution in [0, 0.1) is 6.92 Å². The highest BCUT2D eigenvalue weighted by Crippen LogP contribution is 2.42. The Morgan fingerprint density at radius 1 is 1.46 bits per heavy atom. The van der Waals surface area contributed by atoms with E-state index in [0.717, 1.165) is 25.8 Å². The number of aliphatic hydroxyl groups is 1. The summed E-state index contributed by atoms with van der Waals surface area (Å²) in [7, 11) is 0. The summed E-state index contributed by atoms with van der Waals surface area (Å²) in [6.07, 6.45) is -1.64. The van der Waals surface area contributed by atoms with Gasteiger partial charge in [0.15, 0.2) is 0 Å². The normalized spacial score (nSPS) is 21.4. The number of carbonyl (C=O) groups is 1. The van der Waals surface area contributed by atoms with E-state index < -0.39 is 29.1 Å². The first-order valence-corrected chi connectivity index (χ1v) is 9.77. The van der Waals surface area contributed by atoms with Crippen LogP contribution in [0.3, 0.4) is 0 Å². The van der Waals surface area contributed by atoms with Gasteiger partial charge in [0.2, 0.25) is 11.5 Å². The summed E-state index contributed by atoms with van der Waals surface area (Å²) in [5.74, 6) is -0.831. The fourth-order valence-electron chi connectivity index (χ4n) is 3.29. The Morgan fingerprint density at radius 3 is 2.77 bits per heavy atom.